The van der Waals surface area contributed by atoms with Gasteiger partial charge in [-0.2, -0.15) is 0 Å². The number of carbonyl (C=O) groups is 1. The Morgan fingerprint density at radius 3 is 2.59 bits per heavy atom. The van der Waals surface area contributed by atoms with Crippen LogP contribution in [0.2, 0.25) is 0 Å². The lowest BCUT2D eigenvalue weighted by Crippen LogP contribution is -2.34. The Balaban J connectivity index is 1.88. The number of aromatic nitrogens is 3. The summed E-state index contributed by atoms with van der Waals surface area (Å²) in [7, 11) is 0. The quantitative estimate of drug-likeness (QED) is 0.775. The molecular weight excluding hydrogens is 342 g/mol. The van der Waals surface area contributed by atoms with E-state index in [1.165, 1.54) is 10.8 Å². The van der Waals surface area contributed by atoms with Crippen molar-refractivity contribution in [2.45, 2.75) is 39.7 Å². The number of benzene rings is 1. The van der Waals surface area contributed by atoms with Gasteiger partial charge in [-0.25, -0.2) is 9.78 Å². The summed E-state index contributed by atoms with van der Waals surface area (Å²) in [6, 6.07) is 9.83. The van der Waals surface area contributed by atoms with Gasteiger partial charge in [-0.15, -0.1) is 0 Å². The first kappa shape index (κ1) is 17.4. The van der Waals surface area contributed by atoms with Crippen LogP contribution in [0.15, 0.2) is 46.1 Å². The fourth-order valence-electron chi connectivity index (χ4n) is 3.89. The van der Waals surface area contributed by atoms with Crippen LogP contribution in [0, 0.1) is 5.41 Å². The summed E-state index contributed by atoms with van der Waals surface area (Å²) in [4.78, 5) is 44.3. The molecule has 0 saturated carbocycles. The number of aryl methyl sites for hydroxylation is 2. The lowest BCUT2D eigenvalue weighted by Gasteiger charge is -2.30. The molecule has 0 aliphatic heterocycles. The van der Waals surface area contributed by atoms with Crippen molar-refractivity contribution in [3.8, 4) is 0 Å². The summed E-state index contributed by atoms with van der Waals surface area (Å²) >= 11 is 0. The van der Waals surface area contributed by atoms with Crippen LogP contribution in [0.3, 0.4) is 0 Å². The number of hydrogen-bond acceptors (Lipinski definition) is 4. The number of rotatable bonds is 3. The van der Waals surface area contributed by atoms with E-state index in [0.717, 1.165) is 5.56 Å². The van der Waals surface area contributed by atoms with Gasteiger partial charge in [0.15, 0.2) is 5.78 Å². The number of carbonyl (C=O) groups excluding carboxylic acids is 1. The van der Waals surface area contributed by atoms with Crippen molar-refractivity contribution in [3.05, 3.63) is 74.1 Å². The van der Waals surface area contributed by atoms with E-state index in [9.17, 15) is 14.4 Å². The van der Waals surface area contributed by atoms with E-state index in [-0.39, 0.29) is 11.2 Å². The number of H-pyrrole nitrogens is 1. The Bertz CT molecular complexity index is 1160. The molecule has 6 heteroatoms. The zero-order valence-corrected chi connectivity index (χ0v) is 15.4. The van der Waals surface area contributed by atoms with E-state index in [2.05, 4.69) is 9.97 Å². The molecular formula is C21H21N3O3. The Kier molecular flexibility index (Phi) is 4.06. The third-order valence-corrected chi connectivity index (χ3v) is 5.18. The summed E-state index contributed by atoms with van der Waals surface area (Å²) < 4.78 is 1.50. The SMILES string of the molecule is CC1(C)CC(=O)c2cnc3c(c2C1)c(=O)[nH]c(=O)n3CCc1ccccc1. The van der Waals surface area contributed by atoms with Crippen LogP contribution in [0.1, 0.15) is 41.8 Å². The molecule has 0 bridgehead atoms. The van der Waals surface area contributed by atoms with Gasteiger partial charge in [0.1, 0.15) is 5.65 Å². The van der Waals surface area contributed by atoms with Crippen LogP contribution in [0.25, 0.3) is 11.0 Å². The van der Waals surface area contributed by atoms with E-state index in [1.54, 1.807) is 0 Å². The molecule has 0 radical (unpaired) electrons. The Labute approximate surface area is 155 Å². The van der Waals surface area contributed by atoms with E-state index in [1.807, 2.05) is 44.2 Å². The van der Waals surface area contributed by atoms with Gasteiger partial charge < -0.3 is 0 Å². The molecule has 4 rings (SSSR count). The second-order valence-corrected chi connectivity index (χ2v) is 7.94. The monoisotopic (exact) mass is 363 g/mol. The molecule has 0 unspecified atom stereocenters. The molecule has 1 aliphatic carbocycles. The predicted molar refractivity (Wildman–Crippen MR) is 103 cm³/mol. The van der Waals surface area contributed by atoms with Crippen LogP contribution in [0.5, 0.6) is 0 Å². The fourth-order valence-corrected chi connectivity index (χ4v) is 3.89. The highest BCUT2D eigenvalue weighted by molar-refractivity contribution is 6.02. The first-order valence-electron chi connectivity index (χ1n) is 9.07. The number of nitrogens with zero attached hydrogens (tertiary/aromatic N) is 2. The smallest absolute Gasteiger partial charge is 0.294 e. The number of Topliss-reactive ketones (excluding diaryl/α,β-unsaturated/α-hetero) is 1. The first-order chi connectivity index (χ1) is 12.9. The molecule has 3 aromatic rings. The highest BCUT2D eigenvalue weighted by Crippen LogP contribution is 2.36. The van der Waals surface area contributed by atoms with Crippen molar-refractivity contribution in [1.29, 1.82) is 0 Å². The average molecular weight is 363 g/mol. The average Bonchev–Trinajstić information content (AvgIpc) is 2.60. The molecule has 2 aromatic heterocycles. The van der Waals surface area contributed by atoms with Gasteiger partial charge in [0.05, 0.1) is 5.39 Å². The van der Waals surface area contributed by atoms with E-state index in [0.29, 0.717) is 48.0 Å². The van der Waals surface area contributed by atoms with Gasteiger partial charge in [-0.3, -0.25) is 19.1 Å². The fraction of sp³-hybridized carbons (Fsp3) is 0.333. The van der Waals surface area contributed by atoms with Crippen molar-refractivity contribution in [2.24, 2.45) is 5.41 Å². The van der Waals surface area contributed by atoms with Crippen LogP contribution in [0.4, 0.5) is 0 Å². The maximum Gasteiger partial charge on any atom is 0.330 e. The van der Waals surface area contributed by atoms with Gasteiger partial charge in [-0.1, -0.05) is 44.2 Å². The second-order valence-electron chi connectivity index (χ2n) is 7.94. The Hall–Kier alpha value is -3.02. The molecule has 6 nitrogen and oxygen atoms in total. The molecule has 1 aliphatic rings. The van der Waals surface area contributed by atoms with Crippen molar-refractivity contribution in [3.63, 3.8) is 0 Å². The third-order valence-electron chi connectivity index (χ3n) is 5.18. The molecule has 0 atom stereocenters. The van der Waals surface area contributed by atoms with E-state index < -0.39 is 11.2 Å². The van der Waals surface area contributed by atoms with Crippen molar-refractivity contribution < 1.29 is 4.79 Å². The van der Waals surface area contributed by atoms with Gasteiger partial charge in [0, 0.05) is 24.7 Å². The largest absolute Gasteiger partial charge is 0.330 e. The number of hydrogen-bond donors (Lipinski definition) is 1. The first-order valence-corrected chi connectivity index (χ1v) is 9.07. The van der Waals surface area contributed by atoms with Crippen LogP contribution in [-0.4, -0.2) is 20.3 Å². The Morgan fingerprint density at radius 2 is 1.85 bits per heavy atom. The standard InChI is InChI=1S/C21H21N3O3/c1-21(2)10-14-15(16(25)11-21)12-22-18-17(14)19(26)23-20(27)24(18)9-8-13-6-4-3-5-7-13/h3-7,12H,8-11H2,1-2H3,(H,23,26,27). The minimum Gasteiger partial charge on any atom is -0.294 e. The number of aromatic amines is 1. The maximum atomic E-state index is 12.6. The van der Waals surface area contributed by atoms with Crippen LogP contribution >= 0.6 is 0 Å². The van der Waals surface area contributed by atoms with Gasteiger partial charge >= 0.3 is 5.69 Å². The van der Waals surface area contributed by atoms with Gasteiger partial charge in [0.25, 0.3) is 5.56 Å². The molecule has 1 N–H and O–H groups in total. The van der Waals surface area contributed by atoms with Gasteiger partial charge in [-0.05, 0) is 29.4 Å². The number of ketones is 1. The second kappa shape index (κ2) is 6.30. The van der Waals surface area contributed by atoms with Crippen LogP contribution < -0.4 is 11.2 Å². The minimum atomic E-state index is -0.475. The lowest BCUT2D eigenvalue weighted by atomic mass is 9.73. The van der Waals surface area contributed by atoms with Crippen molar-refractivity contribution in [2.75, 3.05) is 0 Å². The lowest BCUT2D eigenvalue weighted by molar-refractivity contribution is 0.0912. The summed E-state index contributed by atoms with van der Waals surface area (Å²) in [5.74, 6) is -0.00270. The van der Waals surface area contributed by atoms with Crippen LogP contribution in [-0.2, 0) is 19.4 Å². The molecule has 27 heavy (non-hydrogen) atoms. The predicted octanol–water partition coefficient (Wildman–Crippen LogP) is 2.48. The number of nitrogens with one attached hydrogen (secondary N) is 1. The van der Waals surface area contributed by atoms with E-state index in [4.69, 9.17) is 0 Å². The highest BCUT2D eigenvalue weighted by atomic mass is 16.2. The van der Waals surface area contributed by atoms with Gasteiger partial charge in [0.2, 0.25) is 0 Å². The molecule has 138 valence electrons. The Morgan fingerprint density at radius 1 is 1.11 bits per heavy atom. The normalized spacial score (nSPS) is 15.7. The number of fused-ring (bicyclic) bond motifs is 3. The summed E-state index contributed by atoms with van der Waals surface area (Å²) in [6.07, 6.45) is 3.20. The number of pyridine rings is 1. The molecule has 2 heterocycles. The summed E-state index contributed by atoms with van der Waals surface area (Å²) in [5, 5.41) is 0.362. The van der Waals surface area contributed by atoms with Crippen molar-refractivity contribution >= 4 is 16.8 Å². The maximum absolute atomic E-state index is 12.6. The molecule has 0 amide bonds. The molecule has 0 spiro atoms. The molecule has 0 fully saturated rings. The summed E-state index contributed by atoms with van der Waals surface area (Å²) in [6.45, 7) is 4.43. The minimum absolute atomic E-state index is 0.00270. The highest BCUT2D eigenvalue weighted by Gasteiger charge is 2.33. The topological polar surface area (TPSA) is 84.8 Å². The summed E-state index contributed by atoms with van der Waals surface area (Å²) in [5.41, 5.74) is 1.48. The third kappa shape index (κ3) is 3.12. The molecule has 0 saturated heterocycles. The zero-order valence-electron chi connectivity index (χ0n) is 15.4. The molecule has 1 aromatic carbocycles. The van der Waals surface area contributed by atoms with Crippen molar-refractivity contribution in [1.82, 2.24) is 14.5 Å². The zero-order chi connectivity index (χ0) is 19.2. The van der Waals surface area contributed by atoms with E-state index >= 15 is 0 Å².